The molecule has 2 atom stereocenters. The van der Waals surface area contributed by atoms with Crippen molar-refractivity contribution in [1.82, 2.24) is 5.32 Å². The van der Waals surface area contributed by atoms with Crippen LogP contribution in [0, 0.1) is 5.92 Å². The van der Waals surface area contributed by atoms with E-state index in [2.05, 4.69) is 19.2 Å². The lowest BCUT2D eigenvalue weighted by atomic mass is 10.0. The fourth-order valence-electron chi connectivity index (χ4n) is 1.93. The Morgan fingerprint density at radius 3 is 2.38 bits per heavy atom. The number of rotatable bonds is 7. The van der Waals surface area contributed by atoms with Crippen LogP contribution in [0.25, 0.3) is 0 Å². The first kappa shape index (κ1) is 17.0. The number of benzene rings is 1. The highest BCUT2D eigenvalue weighted by atomic mass is 16.4. The van der Waals surface area contributed by atoms with Gasteiger partial charge in [-0.3, -0.25) is 9.69 Å². The molecule has 0 bridgehead atoms. The predicted octanol–water partition coefficient (Wildman–Crippen LogP) is 3.11. The Labute approximate surface area is 126 Å². The van der Waals surface area contributed by atoms with E-state index in [1.54, 1.807) is 12.1 Å². The third-order valence-corrected chi connectivity index (χ3v) is 3.71. The second kappa shape index (κ2) is 8.29. The lowest BCUT2D eigenvalue weighted by Gasteiger charge is -2.27. The molecule has 0 heterocycles. The summed E-state index contributed by atoms with van der Waals surface area (Å²) in [5.41, 5.74) is 0.701. The largest absolute Gasteiger partial charge is 0.481 e. The van der Waals surface area contributed by atoms with E-state index in [1.807, 2.05) is 25.1 Å². The van der Waals surface area contributed by atoms with E-state index < -0.39 is 5.97 Å². The molecule has 0 radical (unpaired) electrons. The molecule has 0 aliphatic carbocycles. The SMILES string of the molecule is CCC(C)C(C)NC(=O)N(CCC(=O)O)c1ccccc1. The molecule has 0 aromatic heterocycles. The summed E-state index contributed by atoms with van der Waals surface area (Å²) in [6.45, 7) is 6.27. The fraction of sp³-hybridized carbons (Fsp3) is 0.500. The van der Waals surface area contributed by atoms with Gasteiger partial charge >= 0.3 is 12.0 Å². The number of carboxylic acid groups (broad SMARTS) is 1. The van der Waals surface area contributed by atoms with Gasteiger partial charge in [-0.15, -0.1) is 0 Å². The van der Waals surface area contributed by atoms with Crippen molar-refractivity contribution in [2.75, 3.05) is 11.4 Å². The maximum absolute atomic E-state index is 12.4. The topological polar surface area (TPSA) is 69.6 Å². The van der Waals surface area contributed by atoms with Crippen LogP contribution >= 0.6 is 0 Å². The minimum atomic E-state index is -0.918. The maximum Gasteiger partial charge on any atom is 0.322 e. The molecule has 0 saturated heterocycles. The average Bonchev–Trinajstić information content (AvgIpc) is 2.47. The second-order valence-electron chi connectivity index (χ2n) is 5.25. The molecule has 21 heavy (non-hydrogen) atoms. The Balaban J connectivity index is 2.80. The molecule has 5 heteroatoms. The number of anilines is 1. The van der Waals surface area contributed by atoms with Gasteiger partial charge in [-0.1, -0.05) is 38.5 Å². The number of para-hydroxylation sites is 1. The van der Waals surface area contributed by atoms with Crippen LogP contribution in [0.2, 0.25) is 0 Å². The van der Waals surface area contributed by atoms with Crippen molar-refractivity contribution in [3.63, 3.8) is 0 Å². The lowest BCUT2D eigenvalue weighted by Crippen LogP contribution is -2.46. The van der Waals surface area contributed by atoms with Crippen LogP contribution in [0.5, 0.6) is 0 Å². The summed E-state index contributed by atoms with van der Waals surface area (Å²) in [6, 6.07) is 8.90. The van der Waals surface area contributed by atoms with E-state index >= 15 is 0 Å². The number of nitrogens with one attached hydrogen (secondary N) is 1. The molecule has 2 N–H and O–H groups in total. The van der Waals surface area contributed by atoms with Gasteiger partial charge in [0.05, 0.1) is 6.42 Å². The van der Waals surface area contributed by atoms with Gasteiger partial charge in [-0.05, 0) is 25.0 Å². The number of carbonyl (C=O) groups excluding carboxylic acids is 1. The number of hydrogen-bond acceptors (Lipinski definition) is 2. The molecule has 1 aromatic rings. The van der Waals surface area contributed by atoms with E-state index in [-0.39, 0.29) is 25.0 Å². The Kier molecular flexibility index (Phi) is 6.72. The third kappa shape index (κ3) is 5.45. The van der Waals surface area contributed by atoms with Crippen LogP contribution in [0.15, 0.2) is 30.3 Å². The molecule has 116 valence electrons. The number of amides is 2. The van der Waals surface area contributed by atoms with E-state index in [4.69, 9.17) is 5.11 Å². The van der Waals surface area contributed by atoms with Crippen molar-refractivity contribution in [3.05, 3.63) is 30.3 Å². The molecule has 2 amide bonds. The van der Waals surface area contributed by atoms with Gasteiger partial charge in [-0.2, -0.15) is 0 Å². The van der Waals surface area contributed by atoms with E-state index in [0.717, 1.165) is 6.42 Å². The number of nitrogens with zero attached hydrogens (tertiary/aromatic N) is 1. The van der Waals surface area contributed by atoms with E-state index in [1.165, 1.54) is 4.90 Å². The number of aliphatic carboxylic acids is 1. The Morgan fingerprint density at radius 1 is 1.24 bits per heavy atom. The molecule has 0 aliphatic rings. The minimum absolute atomic E-state index is 0.0403. The van der Waals surface area contributed by atoms with Crippen LogP contribution in [0.4, 0.5) is 10.5 Å². The Bertz CT molecular complexity index is 462. The van der Waals surface area contributed by atoms with Gasteiger partial charge in [0.15, 0.2) is 0 Å². The first-order chi connectivity index (χ1) is 9.95. The molecule has 0 aliphatic heterocycles. The molecule has 0 saturated carbocycles. The quantitative estimate of drug-likeness (QED) is 0.811. The molecule has 0 fully saturated rings. The van der Waals surface area contributed by atoms with E-state index in [9.17, 15) is 9.59 Å². The summed E-state index contributed by atoms with van der Waals surface area (Å²) in [7, 11) is 0. The Hall–Kier alpha value is -2.04. The summed E-state index contributed by atoms with van der Waals surface area (Å²) < 4.78 is 0. The van der Waals surface area contributed by atoms with Gasteiger partial charge in [0.25, 0.3) is 0 Å². The van der Waals surface area contributed by atoms with Crippen LogP contribution < -0.4 is 10.2 Å². The molecular weight excluding hydrogens is 268 g/mol. The predicted molar refractivity (Wildman–Crippen MR) is 83.5 cm³/mol. The van der Waals surface area contributed by atoms with Gasteiger partial charge in [0.2, 0.25) is 0 Å². The zero-order chi connectivity index (χ0) is 15.8. The monoisotopic (exact) mass is 292 g/mol. The normalized spacial score (nSPS) is 13.3. The second-order valence-corrected chi connectivity index (χ2v) is 5.25. The third-order valence-electron chi connectivity index (χ3n) is 3.71. The van der Waals surface area contributed by atoms with Crippen molar-refractivity contribution in [2.45, 2.75) is 39.7 Å². The van der Waals surface area contributed by atoms with Crippen LogP contribution in [0.1, 0.15) is 33.6 Å². The van der Waals surface area contributed by atoms with Gasteiger partial charge in [-0.25, -0.2) is 4.79 Å². The molecular formula is C16H24N2O3. The lowest BCUT2D eigenvalue weighted by molar-refractivity contribution is -0.136. The minimum Gasteiger partial charge on any atom is -0.481 e. The highest BCUT2D eigenvalue weighted by molar-refractivity contribution is 5.92. The molecule has 5 nitrogen and oxygen atoms in total. The number of hydrogen-bond donors (Lipinski definition) is 2. The van der Waals surface area contributed by atoms with Crippen LogP contribution in [-0.4, -0.2) is 29.7 Å². The summed E-state index contributed by atoms with van der Waals surface area (Å²) in [5, 5.41) is 11.8. The standard InChI is InChI=1S/C16H24N2O3/c1-4-12(2)13(3)17-16(21)18(11-10-15(19)20)14-8-6-5-7-9-14/h5-9,12-13H,4,10-11H2,1-3H3,(H,17,21)(H,19,20). The highest BCUT2D eigenvalue weighted by Crippen LogP contribution is 2.15. The van der Waals surface area contributed by atoms with Crippen molar-refractivity contribution >= 4 is 17.7 Å². The van der Waals surface area contributed by atoms with E-state index in [0.29, 0.717) is 11.6 Å². The molecule has 0 spiro atoms. The fourth-order valence-corrected chi connectivity index (χ4v) is 1.93. The molecule has 2 unspecified atom stereocenters. The zero-order valence-electron chi connectivity index (χ0n) is 12.9. The van der Waals surface area contributed by atoms with Crippen LogP contribution in [0.3, 0.4) is 0 Å². The summed E-state index contributed by atoms with van der Waals surface area (Å²) >= 11 is 0. The summed E-state index contributed by atoms with van der Waals surface area (Å²) in [6.07, 6.45) is 0.891. The van der Waals surface area contributed by atoms with Crippen molar-refractivity contribution in [3.8, 4) is 0 Å². The smallest absolute Gasteiger partial charge is 0.322 e. The average molecular weight is 292 g/mol. The summed E-state index contributed by atoms with van der Waals surface area (Å²) in [5.74, 6) is -0.551. The maximum atomic E-state index is 12.4. The number of urea groups is 1. The first-order valence-electron chi connectivity index (χ1n) is 7.30. The van der Waals surface area contributed by atoms with Crippen molar-refractivity contribution in [1.29, 1.82) is 0 Å². The number of carboxylic acids is 1. The highest BCUT2D eigenvalue weighted by Gasteiger charge is 2.20. The molecule has 1 aromatic carbocycles. The van der Waals surface area contributed by atoms with Gasteiger partial charge in [0, 0.05) is 18.3 Å². The number of carbonyl (C=O) groups is 2. The van der Waals surface area contributed by atoms with Crippen molar-refractivity contribution < 1.29 is 14.7 Å². The zero-order valence-corrected chi connectivity index (χ0v) is 12.9. The van der Waals surface area contributed by atoms with Crippen LogP contribution in [-0.2, 0) is 4.79 Å². The van der Waals surface area contributed by atoms with Gasteiger partial charge < -0.3 is 10.4 Å². The summed E-state index contributed by atoms with van der Waals surface area (Å²) in [4.78, 5) is 24.7. The first-order valence-corrected chi connectivity index (χ1v) is 7.30. The van der Waals surface area contributed by atoms with Crippen molar-refractivity contribution in [2.24, 2.45) is 5.92 Å². The van der Waals surface area contributed by atoms with Gasteiger partial charge in [0.1, 0.15) is 0 Å². The Morgan fingerprint density at radius 2 is 1.86 bits per heavy atom. The molecule has 1 rings (SSSR count).